The van der Waals surface area contributed by atoms with Crippen molar-refractivity contribution in [3.8, 4) is 16.9 Å². The maximum atomic E-state index is 14.7. The Morgan fingerprint density at radius 2 is 1.67 bits per heavy atom. The number of methoxy groups -OCH3 is 1. The lowest BCUT2D eigenvalue weighted by atomic mass is 9.99. The van der Waals surface area contributed by atoms with Gasteiger partial charge in [0.05, 0.1) is 6.61 Å². The summed E-state index contributed by atoms with van der Waals surface area (Å²) in [6.45, 7) is 9.06. The first-order chi connectivity index (χ1) is 14.5. The van der Waals surface area contributed by atoms with Gasteiger partial charge in [0.1, 0.15) is 18.2 Å². The number of allylic oxidation sites excluding steroid dienone is 4. The largest absolute Gasteiger partial charge is 0.492 e. The number of nitrogens with one attached hydrogen (secondary N) is 1. The van der Waals surface area contributed by atoms with Crippen molar-refractivity contribution in [3.05, 3.63) is 71.6 Å². The Kier molecular flexibility index (Phi) is 10.3. The minimum atomic E-state index is -0.203. The predicted octanol–water partition coefficient (Wildman–Crippen LogP) is 6.26. The highest BCUT2D eigenvalue weighted by molar-refractivity contribution is 5.71. The second-order valence-electron chi connectivity index (χ2n) is 7.42. The summed E-state index contributed by atoms with van der Waals surface area (Å²) in [5.41, 5.74) is 4.69. The lowest BCUT2D eigenvalue weighted by molar-refractivity contribution is 0.197. The minimum absolute atomic E-state index is 0.203. The summed E-state index contributed by atoms with van der Waals surface area (Å²) in [6.07, 6.45) is 6.26. The second-order valence-corrected chi connectivity index (χ2v) is 7.42. The van der Waals surface area contributed by atoms with Crippen LogP contribution in [0, 0.1) is 5.82 Å². The molecule has 0 bridgehead atoms. The van der Waals surface area contributed by atoms with Gasteiger partial charge in [-0.1, -0.05) is 55.3 Å². The first kappa shape index (κ1) is 23.8. The molecule has 2 aromatic rings. The molecule has 0 saturated heterocycles. The van der Waals surface area contributed by atoms with E-state index in [1.807, 2.05) is 49.4 Å². The molecule has 162 valence electrons. The zero-order chi connectivity index (χ0) is 21.8. The molecule has 2 rings (SSSR count). The Morgan fingerprint density at radius 1 is 0.967 bits per heavy atom. The molecule has 0 aromatic heterocycles. The quantitative estimate of drug-likeness (QED) is 0.330. The van der Waals surface area contributed by atoms with Gasteiger partial charge in [0.2, 0.25) is 0 Å². The third-order valence-electron chi connectivity index (χ3n) is 4.87. The summed E-state index contributed by atoms with van der Waals surface area (Å²) in [7, 11) is 1.68. The number of benzene rings is 2. The highest BCUT2D eigenvalue weighted by Gasteiger charge is 2.07. The lowest BCUT2D eigenvalue weighted by Crippen LogP contribution is -2.24. The first-order valence-corrected chi connectivity index (χ1v) is 10.6. The predicted molar refractivity (Wildman–Crippen MR) is 124 cm³/mol. The second kappa shape index (κ2) is 13.0. The molecule has 4 heteroatoms. The van der Waals surface area contributed by atoms with E-state index in [1.54, 1.807) is 13.2 Å². The molecule has 0 atom stereocenters. The normalized spacial score (nSPS) is 12.3. The van der Waals surface area contributed by atoms with Crippen LogP contribution in [0.3, 0.4) is 0 Å². The van der Waals surface area contributed by atoms with Gasteiger partial charge in [-0.15, -0.1) is 0 Å². The van der Waals surface area contributed by atoms with Crippen molar-refractivity contribution in [3.63, 3.8) is 0 Å². The summed E-state index contributed by atoms with van der Waals surface area (Å²) in [5, 5.41) is 3.24. The molecular formula is C26H34FNO2. The molecule has 0 aliphatic rings. The van der Waals surface area contributed by atoms with Crippen LogP contribution in [-0.2, 0) is 4.74 Å². The van der Waals surface area contributed by atoms with Gasteiger partial charge >= 0.3 is 0 Å². The van der Waals surface area contributed by atoms with E-state index in [-0.39, 0.29) is 5.82 Å². The summed E-state index contributed by atoms with van der Waals surface area (Å²) in [6, 6.07) is 13.2. The third-order valence-corrected chi connectivity index (χ3v) is 4.87. The van der Waals surface area contributed by atoms with Crippen LogP contribution in [0.2, 0.25) is 0 Å². The molecule has 3 nitrogen and oxygen atoms in total. The number of rotatable bonds is 12. The number of hydrogen-bond acceptors (Lipinski definition) is 3. The van der Waals surface area contributed by atoms with Gasteiger partial charge < -0.3 is 14.8 Å². The monoisotopic (exact) mass is 411 g/mol. The van der Waals surface area contributed by atoms with E-state index < -0.39 is 0 Å². The maximum Gasteiger partial charge on any atom is 0.131 e. The van der Waals surface area contributed by atoms with Gasteiger partial charge in [0.25, 0.3) is 0 Å². The fourth-order valence-corrected chi connectivity index (χ4v) is 3.13. The highest BCUT2D eigenvalue weighted by Crippen LogP contribution is 2.27. The third kappa shape index (κ3) is 7.77. The highest BCUT2D eigenvalue weighted by atomic mass is 19.1. The van der Waals surface area contributed by atoms with Crippen LogP contribution in [-0.4, -0.2) is 33.4 Å². The fraction of sp³-hybridized carbons (Fsp3) is 0.385. The summed E-state index contributed by atoms with van der Waals surface area (Å²) in [5.74, 6) is 0.600. The van der Waals surface area contributed by atoms with E-state index in [0.29, 0.717) is 18.8 Å². The lowest BCUT2D eigenvalue weighted by Gasteiger charge is -2.10. The number of ether oxygens (including phenoxy) is 2. The van der Waals surface area contributed by atoms with E-state index in [0.717, 1.165) is 48.4 Å². The fourth-order valence-electron chi connectivity index (χ4n) is 3.13. The molecular weight excluding hydrogens is 377 g/mol. The molecule has 0 heterocycles. The van der Waals surface area contributed by atoms with Crippen LogP contribution in [0.15, 0.2) is 60.2 Å². The Morgan fingerprint density at radius 3 is 2.33 bits per heavy atom. The van der Waals surface area contributed by atoms with E-state index in [4.69, 9.17) is 9.47 Å². The molecule has 0 aliphatic carbocycles. The standard InChI is InChI=1S/C26H34FNO2/c1-5-6-20(2)7-8-21(3)25-14-11-23(19-26(25)27)22-9-12-24(13-10-22)30-18-16-28-15-17-29-4/h7-14,19,28H,5-6,15-18H2,1-4H3. The van der Waals surface area contributed by atoms with Crippen molar-refractivity contribution < 1.29 is 13.9 Å². The van der Waals surface area contributed by atoms with Crippen LogP contribution < -0.4 is 10.1 Å². The Hall–Kier alpha value is -2.43. The van der Waals surface area contributed by atoms with Crippen LogP contribution in [0.1, 0.15) is 39.2 Å². The smallest absolute Gasteiger partial charge is 0.131 e. The Bertz CT molecular complexity index is 841. The summed E-state index contributed by atoms with van der Waals surface area (Å²) < 4.78 is 25.4. The molecule has 0 radical (unpaired) electrons. The molecule has 0 unspecified atom stereocenters. The zero-order valence-electron chi connectivity index (χ0n) is 18.6. The van der Waals surface area contributed by atoms with Gasteiger partial charge in [-0.05, 0) is 55.2 Å². The molecule has 30 heavy (non-hydrogen) atoms. The molecule has 0 saturated carbocycles. The van der Waals surface area contributed by atoms with Crippen molar-refractivity contribution in [2.45, 2.75) is 33.6 Å². The summed E-state index contributed by atoms with van der Waals surface area (Å²) >= 11 is 0. The van der Waals surface area contributed by atoms with Crippen molar-refractivity contribution in [1.29, 1.82) is 0 Å². The SMILES string of the molecule is CCCC(C)=CC=C(C)c1ccc(-c2ccc(OCCNCCOC)cc2)cc1F. The molecule has 0 aliphatic heterocycles. The van der Waals surface area contributed by atoms with Gasteiger partial charge in [0.15, 0.2) is 0 Å². The van der Waals surface area contributed by atoms with E-state index >= 15 is 0 Å². The van der Waals surface area contributed by atoms with Crippen molar-refractivity contribution in [1.82, 2.24) is 5.32 Å². The van der Waals surface area contributed by atoms with Gasteiger partial charge in [-0.2, -0.15) is 0 Å². The molecule has 0 amide bonds. The molecule has 0 fully saturated rings. The van der Waals surface area contributed by atoms with Gasteiger partial charge in [0, 0.05) is 25.8 Å². The average Bonchev–Trinajstić information content (AvgIpc) is 2.75. The van der Waals surface area contributed by atoms with Crippen LogP contribution in [0.4, 0.5) is 4.39 Å². The number of halogens is 1. The van der Waals surface area contributed by atoms with E-state index in [9.17, 15) is 4.39 Å². The van der Waals surface area contributed by atoms with Gasteiger partial charge in [-0.3, -0.25) is 0 Å². The van der Waals surface area contributed by atoms with Crippen LogP contribution >= 0.6 is 0 Å². The van der Waals surface area contributed by atoms with Crippen LogP contribution in [0.5, 0.6) is 5.75 Å². The van der Waals surface area contributed by atoms with E-state index in [1.165, 1.54) is 5.57 Å². The Balaban J connectivity index is 1.99. The van der Waals surface area contributed by atoms with E-state index in [2.05, 4.69) is 25.2 Å². The van der Waals surface area contributed by atoms with Crippen molar-refractivity contribution in [2.75, 3.05) is 33.4 Å². The first-order valence-electron chi connectivity index (χ1n) is 10.6. The maximum absolute atomic E-state index is 14.7. The molecule has 1 N–H and O–H groups in total. The minimum Gasteiger partial charge on any atom is -0.492 e. The molecule has 0 spiro atoms. The average molecular weight is 412 g/mol. The topological polar surface area (TPSA) is 30.5 Å². The van der Waals surface area contributed by atoms with Crippen molar-refractivity contribution in [2.24, 2.45) is 0 Å². The van der Waals surface area contributed by atoms with Crippen LogP contribution in [0.25, 0.3) is 16.7 Å². The Labute approximate surface area is 180 Å². The van der Waals surface area contributed by atoms with Crippen molar-refractivity contribution >= 4 is 5.57 Å². The zero-order valence-corrected chi connectivity index (χ0v) is 18.6. The summed E-state index contributed by atoms with van der Waals surface area (Å²) in [4.78, 5) is 0. The van der Waals surface area contributed by atoms with Gasteiger partial charge in [-0.25, -0.2) is 4.39 Å². The number of hydrogen-bond donors (Lipinski definition) is 1. The molecule has 2 aromatic carbocycles.